The molecule has 112 valence electrons. The Balaban J connectivity index is 1.81. The van der Waals surface area contributed by atoms with Crippen molar-refractivity contribution >= 4 is 5.91 Å². The topological polar surface area (TPSA) is 67.2 Å². The molecule has 0 saturated carbocycles. The predicted octanol–water partition coefficient (Wildman–Crippen LogP) is 2.33. The van der Waals surface area contributed by atoms with Gasteiger partial charge in [0.25, 0.3) is 5.91 Å². The van der Waals surface area contributed by atoms with Gasteiger partial charge in [0.15, 0.2) is 0 Å². The minimum absolute atomic E-state index is 0.144. The second-order valence-corrected chi connectivity index (χ2v) is 5.26. The molecule has 1 heterocycles. The Morgan fingerprint density at radius 3 is 2.67 bits per heavy atom. The Morgan fingerprint density at radius 2 is 2.05 bits per heavy atom. The maximum absolute atomic E-state index is 11.9. The lowest BCUT2D eigenvalue weighted by atomic mass is 10.1. The van der Waals surface area contributed by atoms with Gasteiger partial charge in [-0.15, -0.1) is 0 Å². The summed E-state index contributed by atoms with van der Waals surface area (Å²) in [5.74, 6) is -0.0241. The molecule has 2 aromatic rings. The van der Waals surface area contributed by atoms with Crippen molar-refractivity contribution < 1.29 is 9.90 Å². The maximum atomic E-state index is 11.9. The molecule has 1 aromatic heterocycles. The lowest BCUT2D eigenvalue weighted by Crippen LogP contribution is -2.25. The van der Waals surface area contributed by atoms with Crippen LogP contribution in [-0.4, -0.2) is 27.3 Å². The number of aromatic hydroxyl groups is 1. The van der Waals surface area contributed by atoms with Gasteiger partial charge in [0.05, 0.1) is 5.69 Å². The molecule has 21 heavy (non-hydrogen) atoms. The monoisotopic (exact) mass is 287 g/mol. The fourth-order valence-electron chi connectivity index (χ4n) is 2.18. The maximum Gasteiger partial charge on any atom is 0.251 e. The van der Waals surface area contributed by atoms with E-state index in [-0.39, 0.29) is 11.7 Å². The van der Waals surface area contributed by atoms with Crippen LogP contribution >= 0.6 is 0 Å². The second kappa shape index (κ2) is 6.43. The van der Waals surface area contributed by atoms with Gasteiger partial charge in [0.1, 0.15) is 5.75 Å². The van der Waals surface area contributed by atoms with E-state index in [0.29, 0.717) is 12.1 Å². The van der Waals surface area contributed by atoms with Gasteiger partial charge in [-0.3, -0.25) is 9.48 Å². The highest BCUT2D eigenvalue weighted by Crippen LogP contribution is 2.17. The van der Waals surface area contributed by atoms with Crippen LogP contribution in [0.1, 0.15) is 33.7 Å². The van der Waals surface area contributed by atoms with Gasteiger partial charge in [-0.2, -0.15) is 5.10 Å². The third-order valence-electron chi connectivity index (χ3n) is 3.41. The van der Waals surface area contributed by atoms with Crippen molar-refractivity contribution in [3.8, 4) is 5.75 Å². The van der Waals surface area contributed by atoms with E-state index in [1.54, 1.807) is 19.1 Å². The average Bonchev–Trinajstić information content (AvgIpc) is 2.76. The first-order valence-electron chi connectivity index (χ1n) is 7.06. The van der Waals surface area contributed by atoms with Crippen molar-refractivity contribution in [3.63, 3.8) is 0 Å². The number of aryl methyl sites for hydroxylation is 4. The fourth-order valence-corrected chi connectivity index (χ4v) is 2.18. The summed E-state index contributed by atoms with van der Waals surface area (Å²) in [5, 5.41) is 16.8. The molecule has 0 aliphatic heterocycles. The first kappa shape index (κ1) is 15.1. The van der Waals surface area contributed by atoms with E-state index >= 15 is 0 Å². The molecule has 0 radical (unpaired) electrons. The van der Waals surface area contributed by atoms with Crippen LogP contribution in [0.4, 0.5) is 0 Å². The molecular formula is C16H21N3O2. The van der Waals surface area contributed by atoms with Crippen LogP contribution in [0.3, 0.4) is 0 Å². The molecule has 0 aliphatic carbocycles. The number of amides is 1. The minimum atomic E-state index is -0.168. The quantitative estimate of drug-likeness (QED) is 0.829. The van der Waals surface area contributed by atoms with Crippen LogP contribution in [0.2, 0.25) is 0 Å². The SMILES string of the molecule is Cc1cc(C)n(CCCNC(=O)c2ccc(C)c(O)c2)n1. The number of benzene rings is 1. The van der Waals surface area contributed by atoms with Crippen molar-refractivity contribution in [2.75, 3.05) is 6.54 Å². The molecule has 1 amide bonds. The lowest BCUT2D eigenvalue weighted by Gasteiger charge is -2.07. The molecule has 0 fully saturated rings. The first-order valence-corrected chi connectivity index (χ1v) is 7.06. The van der Waals surface area contributed by atoms with Crippen LogP contribution in [0.5, 0.6) is 5.75 Å². The summed E-state index contributed by atoms with van der Waals surface area (Å²) in [6, 6.07) is 6.98. The van der Waals surface area contributed by atoms with Crippen LogP contribution in [0.25, 0.3) is 0 Å². The molecule has 5 nitrogen and oxygen atoms in total. The number of rotatable bonds is 5. The van der Waals surface area contributed by atoms with Crippen LogP contribution < -0.4 is 5.32 Å². The van der Waals surface area contributed by atoms with Gasteiger partial charge in [0, 0.05) is 24.3 Å². The van der Waals surface area contributed by atoms with Gasteiger partial charge in [-0.1, -0.05) is 6.07 Å². The average molecular weight is 287 g/mol. The Hall–Kier alpha value is -2.30. The molecule has 0 bridgehead atoms. The molecule has 0 atom stereocenters. The number of nitrogens with one attached hydrogen (secondary N) is 1. The van der Waals surface area contributed by atoms with Crippen molar-refractivity contribution in [3.05, 3.63) is 46.8 Å². The molecule has 0 saturated heterocycles. The molecule has 0 aliphatic rings. The van der Waals surface area contributed by atoms with E-state index in [0.717, 1.165) is 29.9 Å². The number of nitrogens with zero attached hydrogens (tertiary/aromatic N) is 2. The molecule has 1 aromatic carbocycles. The van der Waals surface area contributed by atoms with Gasteiger partial charge in [-0.05, 0) is 51.0 Å². The second-order valence-electron chi connectivity index (χ2n) is 5.26. The number of phenolic OH excluding ortho intramolecular Hbond substituents is 1. The van der Waals surface area contributed by atoms with Crippen LogP contribution in [0.15, 0.2) is 24.3 Å². The smallest absolute Gasteiger partial charge is 0.251 e. The molecule has 5 heteroatoms. The molecule has 2 N–H and O–H groups in total. The van der Waals surface area contributed by atoms with Crippen LogP contribution in [-0.2, 0) is 6.54 Å². The van der Waals surface area contributed by atoms with Crippen molar-refractivity contribution in [2.24, 2.45) is 0 Å². The minimum Gasteiger partial charge on any atom is -0.508 e. The van der Waals surface area contributed by atoms with Gasteiger partial charge >= 0.3 is 0 Å². The van der Waals surface area contributed by atoms with E-state index in [2.05, 4.69) is 10.4 Å². The number of phenols is 1. The van der Waals surface area contributed by atoms with Gasteiger partial charge in [-0.25, -0.2) is 0 Å². The molecular weight excluding hydrogens is 266 g/mol. The zero-order chi connectivity index (χ0) is 15.4. The third-order valence-corrected chi connectivity index (χ3v) is 3.41. The lowest BCUT2D eigenvalue weighted by molar-refractivity contribution is 0.0952. The van der Waals surface area contributed by atoms with E-state index in [1.807, 2.05) is 24.6 Å². The number of carbonyl (C=O) groups is 1. The van der Waals surface area contributed by atoms with Crippen molar-refractivity contribution in [1.82, 2.24) is 15.1 Å². The van der Waals surface area contributed by atoms with Crippen LogP contribution in [0, 0.1) is 20.8 Å². The largest absolute Gasteiger partial charge is 0.508 e. The van der Waals surface area contributed by atoms with Crippen molar-refractivity contribution in [1.29, 1.82) is 0 Å². The van der Waals surface area contributed by atoms with Crippen molar-refractivity contribution in [2.45, 2.75) is 33.7 Å². The Kier molecular flexibility index (Phi) is 4.62. The fraction of sp³-hybridized carbons (Fsp3) is 0.375. The third kappa shape index (κ3) is 3.84. The van der Waals surface area contributed by atoms with Gasteiger partial charge in [0.2, 0.25) is 0 Å². The summed E-state index contributed by atoms with van der Waals surface area (Å²) < 4.78 is 1.94. The number of hydrogen-bond acceptors (Lipinski definition) is 3. The zero-order valence-corrected chi connectivity index (χ0v) is 12.7. The Morgan fingerprint density at radius 1 is 1.29 bits per heavy atom. The Bertz CT molecular complexity index is 647. The van der Waals surface area contributed by atoms with E-state index in [1.165, 1.54) is 6.07 Å². The summed E-state index contributed by atoms with van der Waals surface area (Å²) >= 11 is 0. The molecule has 0 spiro atoms. The highest BCUT2D eigenvalue weighted by Gasteiger charge is 2.07. The summed E-state index contributed by atoms with van der Waals surface area (Å²) in [5.41, 5.74) is 3.37. The summed E-state index contributed by atoms with van der Waals surface area (Å²) in [6.45, 7) is 7.14. The normalized spacial score (nSPS) is 10.6. The summed E-state index contributed by atoms with van der Waals surface area (Å²) in [4.78, 5) is 11.9. The number of carbonyl (C=O) groups excluding carboxylic acids is 1. The van der Waals surface area contributed by atoms with E-state index in [4.69, 9.17) is 0 Å². The summed E-state index contributed by atoms with van der Waals surface area (Å²) in [7, 11) is 0. The molecule has 2 rings (SSSR count). The predicted molar refractivity (Wildman–Crippen MR) is 81.5 cm³/mol. The number of hydrogen-bond donors (Lipinski definition) is 2. The standard InChI is InChI=1S/C16H21N3O2/c1-11-5-6-14(10-15(11)20)16(21)17-7-4-8-19-13(3)9-12(2)18-19/h5-6,9-10,20H,4,7-8H2,1-3H3,(H,17,21). The highest BCUT2D eigenvalue weighted by atomic mass is 16.3. The van der Waals surface area contributed by atoms with E-state index in [9.17, 15) is 9.90 Å². The zero-order valence-electron chi connectivity index (χ0n) is 12.7. The highest BCUT2D eigenvalue weighted by molar-refractivity contribution is 5.94. The number of aromatic nitrogens is 2. The first-order chi connectivity index (χ1) is 9.97. The Labute approximate surface area is 124 Å². The van der Waals surface area contributed by atoms with Gasteiger partial charge < -0.3 is 10.4 Å². The van der Waals surface area contributed by atoms with E-state index < -0.39 is 0 Å². The summed E-state index contributed by atoms with van der Waals surface area (Å²) in [6.07, 6.45) is 0.811. The molecule has 0 unspecified atom stereocenters.